The van der Waals surface area contributed by atoms with Gasteiger partial charge in [-0.15, -0.1) is 0 Å². The van der Waals surface area contributed by atoms with E-state index in [0.29, 0.717) is 6.04 Å². The van der Waals surface area contributed by atoms with Gasteiger partial charge in [-0.3, -0.25) is 0 Å². The second-order valence-electron chi connectivity index (χ2n) is 6.75. The summed E-state index contributed by atoms with van der Waals surface area (Å²) in [5.41, 5.74) is -0.0330. The van der Waals surface area contributed by atoms with Crippen molar-refractivity contribution in [3.63, 3.8) is 0 Å². The molecule has 0 radical (unpaired) electrons. The summed E-state index contributed by atoms with van der Waals surface area (Å²) in [5, 5.41) is 13.4. The lowest BCUT2D eigenvalue weighted by Gasteiger charge is -2.43. The highest BCUT2D eigenvalue weighted by Gasteiger charge is 2.36. The summed E-state index contributed by atoms with van der Waals surface area (Å²) in [6.07, 6.45) is 7.04. The molecule has 0 saturated heterocycles. The van der Waals surface area contributed by atoms with Crippen LogP contribution >= 0.6 is 0 Å². The molecule has 1 rings (SSSR count). The Hall–Kier alpha value is -0.160. The molecular formula is C16H35N3O. The van der Waals surface area contributed by atoms with Crippen molar-refractivity contribution < 1.29 is 5.11 Å². The molecule has 1 saturated carbocycles. The molecule has 0 bridgehead atoms. The Labute approximate surface area is 125 Å². The van der Waals surface area contributed by atoms with E-state index >= 15 is 0 Å². The van der Waals surface area contributed by atoms with Gasteiger partial charge in [0.1, 0.15) is 0 Å². The van der Waals surface area contributed by atoms with E-state index in [4.69, 9.17) is 0 Å². The van der Waals surface area contributed by atoms with Crippen LogP contribution in [-0.4, -0.2) is 73.9 Å². The fraction of sp³-hybridized carbons (Fsp3) is 1.00. The number of aliphatic hydroxyl groups excluding tert-OH is 1. The summed E-state index contributed by atoms with van der Waals surface area (Å²) < 4.78 is 0. The number of nitrogens with one attached hydrogen (secondary N) is 1. The van der Waals surface area contributed by atoms with Gasteiger partial charge in [0.2, 0.25) is 0 Å². The molecule has 20 heavy (non-hydrogen) atoms. The van der Waals surface area contributed by atoms with Crippen molar-refractivity contribution in [1.82, 2.24) is 15.1 Å². The zero-order chi connectivity index (χ0) is 15.0. The lowest BCUT2D eigenvalue weighted by molar-refractivity contribution is 0.0686. The SMILES string of the molecule is CCCNC1(CO)CCCC(N(C)CCCN(C)C)C1. The maximum Gasteiger partial charge on any atom is 0.0613 e. The van der Waals surface area contributed by atoms with Crippen molar-refractivity contribution in [3.8, 4) is 0 Å². The molecule has 120 valence electrons. The van der Waals surface area contributed by atoms with E-state index in [2.05, 4.69) is 43.2 Å². The van der Waals surface area contributed by atoms with Crippen molar-refractivity contribution in [2.45, 2.75) is 57.0 Å². The smallest absolute Gasteiger partial charge is 0.0613 e. The highest BCUT2D eigenvalue weighted by atomic mass is 16.3. The molecule has 0 aromatic rings. The molecular weight excluding hydrogens is 250 g/mol. The molecule has 0 heterocycles. The minimum absolute atomic E-state index is 0.0330. The molecule has 4 heteroatoms. The first-order valence-electron chi connectivity index (χ1n) is 8.24. The summed E-state index contributed by atoms with van der Waals surface area (Å²) in [5.74, 6) is 0. The first kappa shape index (κ1) is 17.9. The first-order valence-corrected chi connectivity index (χ1v) is 8.24. The van der Waals surface area contributed by atoms with Gasteiger partial charge in [-0.1, -0.05) is 6.92 Å². The molecule has 0 amide bonds. The Kier molecular flexibility index (Phi) is 8.03. The van der Waals surface area contributed by atoms with Crippen LogP contribution in [0.1, 0.15) is 45.4 Å². The van der Waals surface area contributed by atoms with Crippen molar-refractivity contribution in [1.29, 1.82) is 0 Å². The minimum atomic E-state index is -0.0330. The first-order chi connectivity index (χ1) is 9.53. The second-order valence-corrected chi connectivity index (χ2v) is 6.75. The van der Waals surface area contributed by atoms with Gasteiger partial charge in [-0.05, 0) is 79.3 Å². The van der Waals surface area contributed by atoms with Gasteiger partial charge in [-0.2, -0.15) is 0 Å². The second kappa shape index (κ2) is 8.98. The molecule has 1 aliphatic carbocycles. The van der Waals surface area contributed by atoms with Gasteiger partial charge in [-0.25, -0.2) is 0 Å². The molecule has 2 atom stereocenters. The van der Waals surface area contributed by atoms with Gasteiger partial charge in [0.25, 0.3) is 0 Å². The van der Waals surface area contributed by atoms with Crippen molar-refractivity contribution in [2.24, 2.45) is 0 Å². The summed E-state index contributed by atoms with van der Waals surface area (Å²) >= 11 is 0. The normalized spacial score (nSPS) is 27.4. The highest BCUT2D eigenvalue weighted by molar-refractivity contribution is 4.96. The van der Waals surface area contributed by atoms with E-state index in [-0.39, 0.29) is 12.1 Å². The third-order valence-corrected chi connectivity index (χ3v) is 4.61. The van der Waals surface area contributed by atoms with E-state index in [9.17, 15) is 5.11 Å². The number of hydrogen-bond acceptors (Lipinski definition) is 4. The average molecular weight is 285 g/mol. The van der Waals surface area contributed by atoms with Crippen LogP contribution in [0.2, 0.25) is 0 Å². The van der Waals surface area contributed by atoms with Gasteiger partial charge in [0, 0.05) is 11.6 Å². The lowest BCUT2D eigenvalue weighted by atomic mass is 9.78. The van der Waals surface area contributed by atoms with Crippen LogP contribution in [0.5, 0.6) is 0 Å². The Bertz CT molecular complexity index is 260. The van der Waals surface area contributed by atoms with Crippen LogP contribution < -0.4 is 5.32 Å². The van der Waals surface area contributed by atoms with Crippen LogP contribution in [-0.2, 0) is 0 Å². The highest BCUT2D eigenvalue weighted by Crippen LogP contribution is 2.30. The quantitative estimate of drug-likeness (QED) is 0.674. The Morgan fingerprint density at radius 1 is 1.25 bits per heavy atom. The standard InChI is InChI=1S/C16H35N3O/c1-5-10-17-16(14-20)9-6-8-15(13-16)19(4)12-7-11-18(2)3/h15,17,20H,5-14H2,1-4H3. The molecule has 0 aromatic heterocycles. The van der Waals surface area contributed by atoms with Crippen molar-refractivity contribution in [2.75, 3.05) is 47.4 Å². The Balaban J connectivity index is 2.45. The number of nitrogens with zero attached hydrogens (tertiary/aromatic N) is 2. The van der Waals surface area contributed by atoms with E-state index in [1.165, 1.54) is 19.3 Å². The van der Waals surface area contributed by atoms with Gasteiger partial charge in [0.15, 0.2) is 0 Å². The topological polar surface area (TPSA) is 38.7 Å². The number of aliphatic hydroxyl groups is 1. The minimum Gasteiger partial charge on any atom is -0.394 e. The van der Waals surface area contributed by atoms with Crippen LogP contribution in [0.15, 0.2) is 0 Å². The van der Waals surface area contributed by atoms with Crippen LogP contribution in [0.3, 0.4) is 0 Å². The van der Waals surface area contributed by atoms with Gasteiger partial charge in [0.05, 0.1) is 6.61 Å². The van der Waals surface area contributed by atoms with E-state index in [1.54, 1.807) is 0 Å². The lowest BCUT2D eigenvalue weighted by Crippen LogP contribution is -2.55. The van der Waals surface area contributed by atoms with E-state index < -0.39 is 0 Å². The third-order valence-electron chi connectivity index (χ3n) is 4.61. The summed E-state index contributed by atoms with van der Waals surface area (Å²) in [6, 6.07) is 0.613. The van der Waals surface area contributed by atoms with Gasteiger partial charge >= 0.3 is 0 Å². The van der Waals surface area contributed by atoms with Crippen LogP contribution in [0.4, 0.5) is 0 Å². The zero-order valence-electron chi connectivity index (χ0n) is 14.0. The zero-order valence-corrected chi connectivity index (χ0v) is 14.0. The maximum atomic E-state index is 9.83. The molecule has 2 unspecified atom stereocenters. The molecule has 0 spiro atoms. The Morgan fingerprint density at radius 3 is 2.60 bits per heavy atom. The Morgan fingerprint density at radius 2 is 2.00 bits per heavy atom. The van der Waals surface area contributed by atoms with E-state index in [1.807, 2.05) is 0 Å². The fourth-order valence-electron chi connectivity index (χ4n) is 3.28. The average Bonchev–Trinajstić information content (AvgIpc) is 2.45. The molecule has 4 nitrogen and oxygen atoms in total. The fourth-order valence-corrected chi connectivity index (χ4v) is 3.28. The molecule has 0 aromatic carbocycles. The molecule has 1 fully saturated rings. The van der Waals surface area contributed by atoms with Gasteiger partial charge < -0.3 is 20.2 Å². The molecule has 0 aliphatic heterocycles. The largest absolute Gasteiger partial charge is 0.394 e. The predicted molar refractivity (Wildman–Crippen MR) is 86.2 cm³/mol. The third kappa shape index (κ3) is 5.68. The summed E-state index contributed by atoms with van der Waals surface area (Å²) in [4.78, 5) is 4.75. The predicted octanol–water partition coefficient (Wildman–Crippen LogP) is 1.54. The number of rotatable bonds is 9. The van der Waals surface area contributed by atoms with E-state index in [0.717, 1.165) is 38.9 Å². The van der Waals surface area contributed by atoms with Crippen molar-refractivity contribution >= 4 is 0 Å². The van der Waals surface area contributed by atoms with Crippen LogP contribution in [0.25, 0.3) is 0 Å². The summed E-state index contributed by atoms with van der Waals surface area (Å²) in [7, 11) is 6.51. The maximum absolute atomic E-state index is 9.83. The molecule has 2 N–H and O–H groups in total. The van der Waals surface area contributed by atoms with Crippen LogP contribution in [0, 0.1) is 0 Å². The monoisotopic (exact) mass is 285 g/mol. The summed E-state index contributed by atoms with van der Waals surface area (Å²) in [6.45, 7) is 5.77. The van der Waals surface area contributed by atoms with Crippen molar-refractivity contribution in [3.05, 3.63) is 0 Å². The number of hydrogen-bond donors (Lipinski definition) is 2. The molecule has 1 aliphatic rings.